The second-order valence-electron chi connectivity index (χ2n) is 2.53. The van der Waals surface area contributed by atoms with Gasteiger partial charge in [0, 0.05) is 1.43 Å². The maximum atomic E-state index is 10.7. The Balaban J connectivity index is 0. The molecule has 1 saturated heterocycles. The molecule has 1 rings (SSSR count). The van der Waals surface area contributed by atoms with E-state index in [-0.39, 0.29) is 7.33 Å². The van der Waals surface area contributed by atoms with Crippen molar-refractivity contribution >= 4 is 11.9 Å². The van der Waals surface area contributed by atoms with Crippen molar-refractivity contribution in [2.24, 2.45) is 0 Å². The Labute approximate surface area is 67.8 Å². The van der Waals surface area contributed by atoms with Gasteiger partial charge in [-0.3, -0.25) is 10.1 Å². The highest BCUT2D eigenvalue weighted by molar-refractivity contribution is 6.06. The van der Waals surface area contributed by atoms with Crippen LogP contribution in [0.15, 0.2) is 0 Å². The summed E-state index contributed by atoms with van der Waals surface area (Å²) in [6.45, 7) is 7.29. The largest absolute Gasteiger partial charge is 0.324 e. The van der Waals surface area contributed by atoms with Crippen LogP contribution in [0.25, 0.3) is 0 Å². The molecule has 0 spiro atoms. The molecule has 1 aliphatic heterocycles. The molecule has 1 fully saturated rings. The molecule has 4 nitrogen and oxygen atoms in total. The fourth-order valence-corrected chi connectivity index (χ4v) is 0.631. The first kappa shape index (κ1) is 9.94. The first-order valence-corrected chi connectivity index (χ1v) is 3.66. The van der Waals surface area contributed by atoms with Gasteiger partial charge in [-0.2, -0.15) is 0 Å². The molecule has 2 N–H and O–H groups in total. The van der Waals surface area contributed by atoms with Crippen molar-refractivity contribution in [3.63, 3.8) is 0 Å². The minimum Gasteiger partial charge on any atom is -0.324 e. The van der Waals surface area contributed by atoms with Gasteiger partial charge < -0.3 is 5.32 Å². The zero-order chi connectivity index (χ0) is 9.07. The Morgan fingerprint density at radius 2 is 1.73 bits per heavy atom. The maximum Gasteiger partial charge on any atom is 0.322 e. The fourth-order valence-electron chi connectivity index (χ4n) is 0.631. The summed E-state index contributed by atoms with van der Waals surface area (Å²) in [6, 6.07) is -0.412. The minimum absolute atomic E-state index is 0. The third kappa shape index (κ3) is 2.22. The number of carbonyl (C=O) groups excluding carboxylic acids is 2. The Morgan fingerprint density at radius 3 is 1.82 bits per heavy atom. The second-order valence-corrected chi connectivity index (χ2v) is 2.53. The third-order valence-electron chi connectivity index (χ3n) is 1.22. The SMILES string of the molecule is CC.CC1(C)NC(=O)NC1=O.[HH]. The maximum absolute atomic E-state index is 10.7. The number of hydrogen-bond acceptors (Lipinski definition) is 2. The normalized spacial score (nSPS) is 19.6. The number of hydrogen-bond donors (Lipinski definition) is 2. The van der Waals surface area contributed by atoms with E-state index in [0.29, 0.717) is 0 Å². The van der Waals surface area contributed by atoms with Gasteiger partial charge in [-0.15, -0.1) is 0 Å². The van der Waals surface area contributed by atoms with Crippen LogP contribution in [0.2, 0.25) is 0 Å². The standard InChI is InChI=1S/C5H8N2O2.C2H6.H2/c1-5(2)3(8)6-4(9)7-5;1-2;/h1-2H3,(H2,6,7,8,9);1-2H3;1H. The summed E-state index contributed by atoms with van der Waals surface area (Å²) in [6.07, 6.45) is 0. The van der Waals surface area contributed by atoms with E-state index in [1.165, 1.54) is 0 Å². The van der Waals surface area contributed by atoms with Gasteiger partial charge in [-0.25, -0.2) is 4.79 Å². The molecular formula is C7H16N2O2. The molecular weight excluding hydrogens is 144 g/mol. The van der Waals surface area contributed by atoms with E-state index in [4.69, 9.17) is 0 Å². The van der Waals surface area contributed by atoms with Crippen LogP contribution >= 0.6 is 0 Å². The van der Waals surface area contributed by atoms with E-state index < -0.39 is 11.6 Å². The molecule has 66 valence electrons. The lowest BCUT2D eigenvalue weighted by Gasteiger charge is -2.11. The summed E-state index contributed by atoms with van der Waals surface area (Å²) < 4.78 is 0. The van der Waals surface area contributed by atoms with Crippen molar-refractivity contribution in [1.82, 2.24) is 10.6 Å². The van der Waals surface area contributed by atoms with E-state index >= 15 is 0 Å². The molecule has 0 atom stereocenters. The predicted octanol–water partition coefficient (Wildman–Crippen LogP) is 0.877. The highest BCUT2D eigenvalue weighted by atomic mass is 16.2. The van der Waals surface area contributed by atoms with Gasteiger partial charge in [0.05, 0.1) is 0 Å². The van der Waals surface area contributed by atoms with Crippen LogP contribution in [-0.4, -0.2) is 17.5 Å². The molecule has 0 saturated carbocycles. The molecule has 0 aromatic rings. The lowest BCUT2D eigenvalue weighted by molar-refractivity contribution is -0.122. The van der Waals surface area contributed by atoms with Gasteiger partial charge in [0.1, 0.15) is 5.54 Å². The monoisotopic (exact) mass is 160 g/mol. The summed E-state index contributed by atoms with van der Waals surface area (Å²) in [5.74, 6) is -0.271. The number of carbonyl (C=O) groups is 2. The van der Waals surface area contributed by atoms with Crippen LogP contribution in [-0.2, 0) is 4.79 Å². The van der Waals surface area contributed by atoms with Gasteiger partial charge in [0.25, 0.3) is 5.91 Å². The Kier molecular flexibility index (Phi) is 3.04. The smallest absolute Gasteiger partial charge is 0.322 e. The van der Waals surface area contributed by atoms with Crippen LogP contribution in [0, 0.1) is 0 Å². The van der Waals surface area contributed by atoms with Crippen molar-refractivity contribution in [3.8, 4) is 0 Å². The molecule has 4 heteroatoms. The fraction of sp³-hybridized carbons (Fsp3) is 0.714. The number of nitrogens with one attached hydrogen (secondary N) is 2. The molecule has 0 aromatic carbocycles. The number of rotatable bonds is 0. The average molecular weight is 160 g/mol. The van der Waals surface area contributed by atoms with Crippen molar-refractivity contribution in [2.75, 3.05) is 0 Å². The number of imide groups is 1. The quantitative estimate of drug-likeness (QED) is 0.517. The lowest BCUT2D eigenvalue weighted by atomic mass is 10.1. The second kappa shape index (κ2) is 3.37. The molecule has 1 heterocycles. The summed E-state index contributed by atoms with van der Waals surface area (Å²) in [7, 11) is 0. The van der Waals surface area contributed by atoms with Crippen LogP contribution in [0.3, 0.4) is 0 Å². The Hall–Kier alpha value is -1.06. The molecule has 3 amide bonds. The van der Waals surface area contributed by atoms with E-state index in [2.05, 4.69) is 10.6 Å². The molecule has 0 aliphatic carbocycles. The van der Waals surface area contributed by atoms with Crippen LogP contribution < -0.4 is 10.6 Å². The predicted molar refractivity (Wildman–Crippen MR) is 44.2 cm³/mol. The van der Waals surface area contributed by atoms with Crippen molar-refractivity contribution < 1.29 is 11.0 Å². The van der Waals surface area contributed by atoms with Crippen molar-refractivity contribution in [1.29, 1.82) is 0 Å². The third-order valence-corrected chi connectivity index (χ3v) is 1.22. The summed E-state index contributed by atoms with van der Waals surface area (Å²) >= 11 is 0. The number of amides is 3. The minimum atomic E-state index is -0.725. The topological polar surface area (TPSA) is 58.2 Å². The number of urea groups is 1. The van der Waals surface area contributed by atoms with E-state index in [9.17, 15) is 9.59 Å². The summed E-state index contributed by atoms with van der Waals surface area (Å²) in [5.41, 5.74) is -0.725. The van der Waals surface area contributed by atoms with Crippen LogP contribution in [0.1, 0.15) is 29.1 Å². The molecule has 0 unspecified atom stereocenters. The van der Waals surface area contributed by atoms with E-state index in [1.807, 2.05) is 13.8 Å². The zero-order valence-electron chi connectivity index (χ0n) is 7.32. The van der Waals surface area contributed by atoms with Gasteiger partial charge >= 0.3 is 6.03 Å². The van der Waals surface area contributed by atoms with Crippen LogP contribution in [0.4, 0.5) is 4.79 Å². The highest BCUT2D eigenvalue weighted by Gasteiger charge is 2.36. The summed E-state index contributed by atoms with van der Waals surface area (Å²) in [5, 5.41) is 4.56. The van der Waals surface area contributed by atoms with E-state index in [1.54, 1.807) is 13.8 Å². The van der Waals surface area contributed by atoms with Gasteiger partial charge in [-0.1, -0.05) is 13.8 Å². The Bertz CT molecular complexity index is 180. The Morgan fingerprint density at radius 1 is 1.27 bits per heavy atom. The van der Waals surface area contributed by atoms with Gasteiger partial charge in [0.15, 0.2) is 0 Å². The molecule has 0 radical (unpaired) electrons. The zero-order valence-corrected chi connectivity index (χ0v) is 7.32. The first-order chi connectivity index (χ1) is 5.02. The van der Waals surface area contributed by atoms with Gasteiger partial charge in [-0.05, 0) is 13.8 Å². The highest BCUT2D eigenvalue weighted by Crippen LogP contribution is 2.05. The summed E-state index contributed by atoms with van der Waals surface area (Å²) in [4.78, 5) is 21.1. The lowest BCUT2D eigenvalue weighted by Crippen LogP contribution is -2.39. The van der Waals surface area contributed by atoms with Gasteiger partial charge in [0.2, 0.25) is 0 Å². The van der Waals surface area contributed by atoms with Crippen molar-refractivity contribution in [3.05, 3.63) is 0 Å². The molecule has 0 bridgehead atoms. The van der Waals surface area contributed by atoms with E-state index in [0.717, 1.165) is 0 Å². The van der Waals surface area contributed by atoms with Crippen LogP contribution in [0.5, 0.6) is 0 Å². The molecule has 11 heavy (non-hydrogen) atoms. The molecule has 1 aliphatic rings. The average Bonchev–Trinajstić information content (AvgIpc) is 2.10. The molecule has 0 aromatic heterocycles. The van der Waals surface area contributed by atoms with Crippen molar-refractivity contribution in [2.45, 2.75) is 33.2 Å². The first-order valence-electron chi connectivity index (χ1n) is 3.66.